The standard InChI is InChI=1S/C12H16N4O/c1-9(2)17-12-6-4-5-11(7-12)8-16-10(3)13-14-15-16/h4-7,9H,8H2,1-3H3. The number of tetrazole rings is 1. The molecule has 2 aromatic rings. The maximum Gasteiger partial charge on any atom is 0.148 e. The molecule has 0 aliphatic carbocycles. The summed E-state index contributed by atoms with van der Waals surface area (Å²) in [7, 11) is 0. The van der Waals surface area contributed by atoms with Crippen LogP contribution < -0.4 is 4.74 Å². The number of hydrogen-bond donors (Lipinski definition) is 0. The lowest BCUT2D eigenvalue weighted by Gasteiger charge is -2.10. The summed E-state index contributed by atoms with van der Waals surface area (Å²) in [4.78, 5) is 0. The van der Waals surface area contributed by atoms with Crippen LogP contribution in [0.2, 0.25) is 0 Å². The Morgan fingerprint density at radius 3 is 2.82 bits per heavy atom. The van der Waals surface area contributed by atoms with E-state index in [1.165, 1.54) is 0 Å². The van der Waals surface area contributed by atoms with Gasteiger partial charge in [0.2, 0.25) is 0 Å². The van der Waals surface area contributed by atoms with Gasteiger partial charge in [-0.3, -0.25) is 0 Å². The predicted octanol–water partition coefficient (Wildman–Crippen LogP) is 1.82. The van der Waals surface area contributed by atoms with E-state index in [0.717, 1.165) is 17.1 Å². The summed E-state index contributed by atoms with van der Waals surface area (Å²) in [6, 6.07) is 7.98. The molecule has 0 spiro atoms. The van der Waals surface area contributed by atoms with Crippen molar-refractivity contribution >= 4 is 0 Å². The van der Waals surface area contributed by atoms with Gasteiger partial charge in [-0.25, -0.2) is 4.68 Å². The molecule has 0 aliphatic rings. The first kappa shape index (κ1) is 11.6. The zero-order valence-electron chi connectivity index (χ0n) is 10.3. The molecule has 1 aromatic heterocycles. The number of aryl methyl sites for hydroxylation is 1. The van der Waals surface area contributed by atoms with E-state index < -0.39 is 0 Å². The molecule has 5 heteroatoms. The lowest BCUT2D eigenvalue weighted by molar-refractivity contribution is 0.242. The first-order valence-corrected chi connectivity index (χ1v) is 5.63. The first-order valence-electron chi connectivity index (χ1n) is 5.63. The van der Waals surface area contributed by atoms with Crippen molar-refractivity contribution in [2.45, 2.75) is 33.4 Å². The van der Waals surface area contributed by atoms with Crippen molar-refractivity contribution in [1.82, 2.24) is 20.2 Å². The molecule has 5 nitrogen and oxygen atoms in total. The molecule has 0 radical (unpaired) electrons. The van der Waals surface area contributed by atoms with Crippen molar-refractivity contribution in [3.05, 3.63) is 35.7 Å². The third-order valence-corrected chi connectivity index (χ3v) is 2.31. The van der Waals surface area contributed by atoms with Crippen molar-refractivity contribution in [2.24, 2.45) is 0 Å². The van der Waals surface area contributed by atoms with Gasteiger partial charge in [0.05, 0.1) is 12.6 Å². The van der Waals surface area contributed by atoms with Gasteiger partial charge in [0.1, 0.15) is 11.6 Å². The minimum Gasteiger partial charge on any atom is -0.491 e. The molecule has 0 amide bonds. The van der Waals surface area contributed by atoms with Crippen LogP contribution in [0.4, 0.5) is 0 Å². The van der Waals surface area contributed by atoms with Gasteiger partial charge in [-0.1, -0.05) is 12.1 Å². The summed E-state index contributed by atoms with van der Waals surface area (Å²) >= 11 is 0. The zero-order chi connectivity index (χ0) is 12.3. The summed E-state index contributed by atoms with van der Waals surface area (Å²) in [6.45, 7) is 6.57. The molecule has 0 saturated heterocycles. The van der Waals surface area contributed by atoms with Crippen LogP contribution in [0.15, 0.2) is 24.3 Å². The van der Waals surface area contributed by atoms with E-state index in [1.807, 2.05) is 45.0 Å². The highest BCUT2D eigenvalue weighted by Gasteiger charge is 2.03. The SMILES string of the molecule is Cc1nnnn1Cc1cccc(OC(C)C)c1. The molecule has 1 heterocycles. The molecule has 0 unspecified atom stereocenters. The van der Waals surface area contributed by atoms with Crippen LogP contribution in [0.3, 0.4) is 0 Å². The van der Waals surface area contributed by atoms with Gasteiger partial charge in [0, 0.05) is 0 Å². The topological polar surface area (TPSA) is 52.8 Å². The highest BCUT2D eigenvalue weighted by molar-refractivity contribution is 5.28. The molecule has 0 atom stereocenters. The summed E-state index contributed by atoms with van der Waals surface area (Å²) in [5, 5.41) is 11.4. The van der Waals surface area contributed by atoms with Crippen LogP contribution in [0.5, 0.6) is 5.75 Å². The number of nitrogens with zero attached hydrogens (tertiary/aromatic N) is 4. The second kappa shape index (κ2) is 4.95. The second-order valence-electron chi connectivity index (χ2n) is 4.20. The molecule has 1 aromatic carbocycles. The molecule has 0 saturated carbocycles. The number of rotatable bonds is 4. The fraction of sp³-hybridized carbons (Fsp3) is 0.417. The first-order chi connectivity index (χ1) is 8.15. The molecular formula is C12H16N4O. The van der Waals surface area contributed by atoms with Crippen molar-refractivity contribution in [3.63, 3.8) is 0 Å². The maximum atomic E-state index is 5.64. The minimum absolute atomic E-state index is 0.181. The summed E-state index contributed by atoms with van der Waals surface area (Å²) in [6.07, 6.45) is 0.181. The van der Waals surface area contributed by atoms with Gasteiger partial charge in [-0.05, 0) is 48.9 Å². The van der Waals surface area contributed by atoms with E-state index in [-0.39, 0.29) is 6.10 Å². The van der Waals surface area contributed by atoms with Crippen molar-refractivity contribution < 1.29 is 4.74 Å². The van der Waals surface area contributed by atoms with E-state index >= 15 is 0 Å². The van der Waals surface area contributed by atoms with Gasteiger partial charge in [0.15, 0.2) is 0 Å². The lowest BCUT2D eigenvalue weighted by atomic mass is 10.2. The molecule has 0 aliphatic heterocycles. The fourth-order valence-electron chi connectivity index (χ4n) is 1.56. The third kappa shape index (κ3) is 3.03. The van der Waals surface area contributed by atoms with Gasteiger partial charge >= 0.3 is 0 Å². The molecule has 0 N–H and O–H groups in total. The van der Waals surface area contributed by atoms with Crippen LogP contribution >= 0.6 is 0 Å². The van der Waals surface area contributed by atoms with Gasteiger partial charge in [-0.15, -0.1) is 5.10 Å². The third-order valence-electron chi connectivity index (χ3n) is 2.31. The van der Waals surface area contributed by atoms with Crippen molar-refractivity contribution in [1.29, 1.82) is 0 Å². The Balaban J connectivity index is 2.14. The molecule has 2 rings (SSSR count). The number of ether oxygens (including phenoxy) is 1. The quantitative estimate of drug-likeness (QED) is 0.806. The summed E-state index contributed by atoms with van der Waals surface area (Å²) < 4.78 is 7.40. The van der Waals surface area contributed by atoms with E-state index in [2.05, 4.69) is 15.5 Å². The second-order valence-corrected chi connectivity index (χ2v) is 4.20. The van der Waals surface area contributed by atoms with Crippen molar-refractivity contribution in [3.8, 4) is 5.75 Å². The normalized spacial score (nSPS) is 10.8. The number of hydrogen-bond acceptors (Lipinski definition) is 4. The summed E-state index contributed by atoms with van der Waals surface area (Å²) in [5.74, 6) is 1.68. The van der Waals surface area contributed by atoms with Crippen LogP contribution in [0.25, 0.3) is 0 Å². The maximum absolute atomic E-state index is 5.64. The predicted molar refractivity (Wildman–Crippen MR) is 63.9 cm³/mol. The van der Waals surface area contributed by atoms with E-state index in [9.17, 15) is 0 Å². The van der Waals surface area contributed by atoms with Gasteiger partial charge < -0.3 is 4.74 Å². The Bertz CT molecular complexity index is 493. The van der Waals surface area contributed by atoms with Gasteiger partial charge in [-0.2, -0.15) is 0 Å². The van der Waals surface area contributed by atoms with Crippen LogP contribution in [0, 0.1) is 6.92 Å². The van der Waals surface area contributed by atoms with Crippen molar-refractivity contribution in [2.75, 3.05) is 0 Å². The summed E-state index contributed by atoms with van der Waals surface area (Å²) in [5.41, 5.74) is 1.12. The highest BCUT2D eigenvalue weighted by Crippen LogP contribution is 2.15. The Morgan fingerprint density at radius 2 is 2.18 bits per heavy atom. The van der Waals surface area contributed by atoms with Crippen LogP contribution in [-0.4, -0.2) is 26.3 Å². The van der Waals surface area contributed by atoms with Crippen LogP contribution in [-0.2, 0) is 6.54 Å². The molecule has 0 bridgehead atoms. The monoisotopic (exact) mass is 232 g/mol. The smallest absolute Gasteiger partial charge is 0.148 e. The lowest BCUT2D eigenvalue weighted by Crippen LogP contribution is -2.07. The van der Waals surface area contributed by atoms with E-state index in [4.69, 9.17) is 4.74 Å². The Labute approximate surface area is 100 Å². The molecule has 0 fully saturated rings. The highest BCUT2D eigenvalue weighted by atomic mass is 16.5. The average Bonchev–Trinajstić information content (AvgIpc) is 2.64. The Hall–Kier alpha value is -1.91. The minimum atomic E-state index is 0.181. The van der Waals surface area contributed by atoms with E-state index in [0.29, 0.717) is 6.54 Å². The largest absolute Gasteiger partial charge is 0.491 e. The molecular weight excluding hydrogens is 216 g/mol. The number of aromatic nitrogens is 4. The Morgan fingerprint density at radius 1 is 1.35 bits per heavy atom. The number of benzene rings is 1. The Kier molecular flexibility index (Phi) is 3.37. The molecule has 90 valence electrons. The van der Waals surface area contributed by atoms with Gasteiger partial charge in [0.25, 0.3) is 0 Å². The fourth-order valence-corrected chi connectivity index (χ4v) is 1.56. The average molecular weight is 232 g/mol. The van der Waals surface area contributed by atoms with E-state index in [1.54, 1.807) is 4.68 Å². The molecule has 17 heavy (non-hydrogen) atoms. The zero-order valence-corrected chi connectivity index (χ0v) is 10.3. The van der Waals surface area contributed by atoms with Crippen LogP contribution in [0.1, 0.15) is 25.2 Å².